The van der Waals surface area contributed by atoms with Crippen molar-refractivity contribution in [2.24, 2.45) is 0 Å². The summed E-state index contributed by atoms with van der Waals surface area (Å²) in [4.78, 5) is -2.66. The Morgan fingerprint density at radius 3 is 0.976 bits per heavy atom. The predicted octanol–water partition coefficient (Wildman–Crippen LogP) is 6.31. The van der Waals surface area contributed by atoms with Gasteiger partial charge in [-0.1, -0.05) is 0 Å². The Morgan fingerprint density at radius 1 is 0.452 bits per heavy atom. The average Bonchev–Trinajstić information content (AvgIpc) is 2.91. The number of benzene rings is 4. The van der Waals surface area contributed by atoms with Gasteiger partial charge in [0, 0.05) is 12.1 Å². The van der Waals surface area contributed by atoms with Crippen molar-refractivity contribution in [3.63, 3.8) is 0 Å². The Labute approximate surface area is 225 Å². The quantitative estimate of drug-likeness (QED) is 0.107. The molecule has 0 saturated heterocycles. The summed E-state index contributed by atoms with van der Waals surface area (Å²) >= 11 is 0. The van der Waals surface area contributed by atoms with E-state index in [9.17, 15) is 69.8 Å². The van der Waals surface area contributed by atoms with Gasteiger partial charge in [-0.05, 0) is 17.5 Å². The molecular formula is C22H6F10O8S2. The molecular weight excluding hydrogens is 646 g/mol. The molecule has 0 saturated carbocycles. The minimum Gasteiger partial charge on any atom is -0.450 e. The van der Waals surface area contributed by atoms with Gasteiger partial charge < -0.3 is 9.47 Å². The van der Waals surface area contributed by atoms with Crippen LogP contribution in [0.4, 0.5) is 43.9 Å². The molecule has 0 radical (unpaired) electrons. The summed E-state index contributed by atoms with van der Waals surface area (Å²) in [5.74, 6) is -33.4. The Kier molecular flexibility index (Phi) is 7.55. The highest BCUT2D eigenvalue weighted by molar-refractivity contribution is 7.86. The molecule has 224 valence electrons. The number of fused-ring (bicyclic) bond motifs is 1. The number of halogens is 10. The third-order valence-electron chi connectivity index (χ3n) is 5.28. The van der Waals surface area contributed by atoms with Crippen LogP contribution >= 0.6 is 0 Å². The maximum atomic E-state index is 14.3. The minimum atomic E-state index is -5.39. The lowest BCUT2D eigenvalue weighted by molar-refractivity contribution is 0.329. The molecule has 0 atom stereocenters. The number of rotatable bonds is 6. The molecule has 0 amide bonds. The first-order chi connectivity index (χ1) is 19.2. The maximum Gasteiger partial charge on any atom is 0.294 e. The number of ether oxygens (including phenoxy) is 2. The molecule has 8 nitrogen and oxygen atoms in total. The van der Waals surface area contributed by atoms with E-state index in [-0.39, 0.29) is 12.1 Å². The van der Waals surface area contributed by atoms with Crippen LogP contribution in [-0.4, -0.2) is 25.9 Å². The van der Waals surface area contributed by atoms with Crippen molar-refractivity contribution in [2.75, 3.05) is 0 Å². The van der Waals surface area contributed by atoms with E-state index in [0.717, 1.165) is 0 Å². The summed E-state index contributed by atoms with van der Waals surface area (Å²) in [5, 5.41) is -2.03. The van der Waals surface area contributed by atoms with E-state index in [1.54, 1.807) is 0 Å². The second-order valence-electron chi connectivity index (χ2n) is 7.89. The molecule has 0 aliphatic rings. The van der Waals surface area contributed by atoms with Crippen LogP contribution in [0.3, 0.4) is 0 Å². The molecule has 0 heterocycles. The zero-order valence-corrected chi connectivity index (χ0v) is 20.9. The van der Waals surface area contributed by atoms with Crippen molar-refractivity contribution in [1.82, 2.24) is 0 Å². The highest BCUT2D eigenvalue weighted by Crippen LogP contribution is 2.44. The standard InChI is InChI=1S/C22H6F10O8S2/c23-11-13(25)17(29)21(18(30)14(11)26)39-8-3-6(41(33,34)35)1-5-2-7(42(36,37)38)4-9(10(5)8)40-22-19(31)15(27)12(24)16(28)20(22)32/h1-4H,(H,33,34,35)(H,36,37,38). The van der Waals surface area contributed by atoms with Crippen LogP contribution in [0.2, 0.25) is 0 Å². The Morgan fingerprint density at radius 2 is 0.714 bits per heavy atom. The van der Waals surface area contributed by atoms with Crippen molar-refractivity contribution in [3.05, 3.63) is 82.4 Å². The van der Waals surface area contributed by atoms with Crippen LogP contribution in [0.1, 0.15) is 0 Å². The van der Waals surface area contributed by atoms with Gasteiger partial charge in [-0.2, -0.15) is 34.4 Å². The molecule has 0 aliphatic carbocycles. The highest BCUT2D eigenvalue weighted by atomic mass is 32.2. The van der Waals surface area contributed by atoms with Gasteiger partial charge in [-0.15, -0.1) is 0 Å². The highest BCUT2D eigenvalue weighted by Gasteiger charge is 2.31. The van der Waals surface area contributed by atoms with E-state index in [2.05, 4.69) is 9.47 Å². The first-order valence-electron chi connectivity index (χ1n) is 10.2. The first-order valence-corrected chi connectivity index (χ1v) is 13.1. The first kappa shape index (κ1) is 30.8. The molecule has 0 unspecified atom stereocenters. The zero-order chi connectivity index (χ0) is 31.6. The van der Waals surface area contributed by atoms with Gasteiger partial charge in [-0.3, -0.25) is 9.11 Å². The minimum absolute atomic E-state index is 0.119. The summed E-state index contributed by atoms with van der Waals surface area (Å²) in [6.07, 6.45) is 0. The molecule has 4 aromatic rings. The van der Waals surface area contributed by atoms with Gasteiger partial charge in [0.25, 0.3) is 20.2 Å². The molecule has 0 aromatic heterocycles. The normalized spacial score (nSPS) is 12.2. The summed E-state index contributed by atoms with van der Waals surface area (Å²) in [6.45, 7) is 0. The van der Waals surface area contributed by atoms with E-state index in [1.807, 2.05) is 0 Å². The van der Waals surface area contributed by atoms with Crippen molar-refractivity contribution in [1.29, 1.82) is 0 Å². The lowest BCUT2D eigenvalue weighted by Gasteiger charge is -2.17. The van der Waals surface area contributed by atoms with Crippen molar-refractivity contribution < 1.29 is 79.3 Å². The van der Waals surface area contributed by atoms with Crippen LogP contribution in [0.15, 0.2) is 34.1 Å². The van der Waals surface area contributed by atoms with E-state index in [1.165, 1.54) is 0 Å². The summed E-state index contributed by atoms with van der Waals surface area (Å²) in [6, 6.07) is 0.898. The fourth-order valence-electron chi connectivity index (χ4n) is 3.41. The van der Waals surface area contributed by atoms with Crippen LogP contribution in [-0.2, 0) is 20.2 Å². The number of hydrogen-bond donors (Lipinski definition) is 2. The fraction of sp³-hybridized carbons (Fsp3) is 0. The largest absolute Gasteiger partial charge is 0.450 e. The van der Waals surface area contributed by atoms with E-state index in [4.69, 9.17) is 0 Å². The Balaban J connectivity index is 2.15. The summed E-state index contributed by atoms with van der Waals surface area (Å²) in [5.41, 5.74) is 0. The van der Waals surface area contributed by atoms with Crippen LogP contribution in [0.5, 0.6) is 23.0 Å². The van der Waals surface area contributed by atoms with E-state index >= 15 is 0 Å². The monoisotopic (exact) mass is 652 g/mol. The molecule has 0 spiro atoms. The van der Waals surface area contributed by atoms with E-state index < -0.39 is 122 Å². The molecule has 0 fully saturated rings. The van der Waals surface area contributed by atoms with Crippen LogP contribution < -0.4 is 9.47 Å². The van der Waals surface area contributed by atoms with E-state index in [0.29, 0.717) is 12.1 Å². The third kappa shape index (κ3) is 5.16. The zero-order valence-electron chi connectivity index (χ0n) is 19.2. The second kappa shape index (κ2) is 10.3. The molecule has 0 bridgehead atoms. The van der Waals surface area contributed by atoms with Gasteiger partial charge in [-0.25, -0.2) is 26.3 Å². The average molecular weight is 652 g/mol. The van der Waals surface area contributed by atoms with Crippen molar-refractivity contribution in [3.8, 4) is 23.0 Å². The smallest absolute Gasteiger partial charge is 0.294 e. The van der Waals surface area contributed by atoms with Gasteiger partial charge in [0.2, 0.25) is 69.7 Å². The van der Waals surface area contributed by atoms with Crippen molar-refractivity contribution >= 4 is 31.0 Å². The molecule has 2 N–H and O–H groups in total. The summed E-state index contributed by atoms with van der Waals surface area (Å²) < 4.78 is 215. The Hall–Kier alpha value is -4.14. The molecule has 42 heavy (non-hydrogen) atoms. The topological polar surface area (TPSA) is 127 Å². The fourth-order valence-corrected chi connectivity index (χ4v) is 4.48. The molecule has 20 heteroatoms. The lowest BCUT2D eigenvalue weighted by Crippen LogP contribution is -2.07. The van der Waals surface area contributed by atoms with Crippen LogP contribution in [0.25, 0.3) is 10.8 Å². The second-order valence-corrected chi connectivity index (χ2v) is 10.7. The number of hydrogen-bond acceptors (Lipinski definition) is 6. The van der Waals surface area contributed by atoms with Gasteiger partial charge in [0.1, 0.15) is 11.5 Å². The molecule has 4 aromatic carbocycles. The SMILES string of the molecule is O=S(=O)(O)c1cc(Oc2c(F)c(F)c(F)c(F)c2F)c2c(Oc3c(F)c(F)c(F)c(F)c3F)cc(S(=O)(=O)O)cc2c1. The van der Waals surface area contributed by atoms with Gasteiger partial charge in [0.15, 0.2) is 0 Å². The third-order valence-corrected chi connectivity index (χ3v) is 6.95. The lowest BCUT2D eigenvalue weighted by atomic mass is 10.1. The predicted molar refractivity (Wildman–Crippen MR) is 116 cm³/mol. The van der Waals surface area contributed by atoms with Gasteiger partial charge in [0.05, 0.1) is 15.2 Å². The maximum absolute atomic E-state index is 14.3. The molecule has 4 rings (SSSR count). The molecule has 0 aliphatic heterocycles. The summed E-state index contributed by atoms with van der Waals surface area (Å²) in [7, 11) is -10.8. The Bertz CT molecular complexity index is 1850. The van der Waals surface area contributed by atoms with Crippen molar-refractivity contribution in [2.45, 2.75) is 9.79 Å². The van der Waals surface area contributed by atoms with Gasteiger partial charge >= 0.3 is 0 Å². The van der Waals surface area contributed by atoms with Crippen LogP contribution in [0, 0.1) is 58.2 Å².